The highest BCUT2D eigenvalue weighted by molar-refractivity contribution is 7.99. The van der Waals surface area contributed by atoms with Gasteiger partial charge in [-0.25, -0.2) is 4.79 Å². The fraction of sp³-hybridized carbons (Fsp3) is 0.359. The molecule has 0 atom stereocenters. The molecule has 0 amide bonds. The molecule has 0 N–H and O–H groups in total. The molecule has 0 fully saturated rings. The lowest BCUT2D eigenvalue weighted by Crippen LogP contribution is -2.08. The molecule has 0 saturated heterocycles. The van der Waals surface area contributed by atoms with Crippen LogP contribution in [0.4, 0.5) is 0 Å². The van der Waals surface area contributed by atoms with Crippen LogP contribution in [0, 0.1) is 0 Å². The van der Waals surface area contributed by atoms with Gasteiger partial charge in [0.2, 0.25) is 0 Å². The molecule has 4 aromatic carbocycles. The predicted molar refractivity (Wildman–Crippen MR) is 188 cm³/mol. The molecule has 0 spiro atoms. The summed E-state index contributed by atoms with van der Waals surface area (Å²) in [5, 5.41) is 0. The number of thioether (sulfide) groups is 2. The molecule has 0 aliphatic rings. The van der Waals surface area contributed by atoms with Crippen molar-refractivity contribution in [1.82, 2.24) is 0 Å². The summed E-state index contributed by atoms with van der Waals surface area (Å²) in [6, 6.07) is 32.9. The summed E-state index contributed by atoms with van der Waals surface area (Å²) in [7, 11) is 0. The Morgan fingerprint density at radius 3 is 1.35 bits per heavy atom. The number of rotatable bonds is 18. The summed E-state index contributed by atoms with van der Waals surface area (Å²) in [5.74, 6) is 2.55. The van der Waals surface area contributed by atoms with Crippen LogP contribution < -0.4 is 4.74 Å². The minimum absolute atomic E-state index is 0.347. The lowest BCUT2D eigenvalue weighted by atomic mass is 10.0. The first kappa shape index (κ1) is 33.0. The third kappa shape index (κ3) is 11.2. The quantitative estimate of drug-likeness (QED) is 0.0484. The Balaban J connectivity index is 1.22. The van der Waals surface area contributed by atoms with E-state index in [9.17, 15) is 4.79 Å². The van der Waals surface area contributed by atoms with Crippen molar-refractivity contribution in [2.75, 3.05) is 11.5 Å². The van der Waals surface area contributed by atoms with Crippen molar-refractivity contribution in [3.8, 4) is 28.0 Å². The average molecular weight is 611 g/mol. The first-order valence-corrected chi connectivity index (χ1v) is 18.0. The molecular weight excluding hydrogens is 565 g/mol. The molecule has 0 aromatic heterocycles. The van der Waals surface area contributed by atoms with E-state index in [2.05, 4.69) is 62.4 Å². The second-order valence-electron chi connectivity index (χ2n) is 11.1. The minimum Gasteiger partial charge on any atom is -0.423 e. The first-order valence-electron chi connectivity index (χ1n) is 16.0. The zero-order chi connectivity index (χ0) is 30.1. The van der Waals surface area contributed by atoms with Gasteiger partial charge in [-0.15, -0.1) is 23.5 Å². The van der Waals surface area contributed by atoms with Crippen LogP contribution in [0.2, 0.25) is 0 Å². The Labute approximate surface area is 268 Å². The highest BCUT2D eigenvalue weighted by atomic mass is 32.2. The molecule has 0 radical (unpaired) electrons. The van der Waals surface area contributed by atoms with Crippen LogP contribution in [0.25, 0.3) is 22.3 Å². The van der Waals surface area contributed by atoms with Gasteiger partial charge in [0.15, 0.2) is 0 Å². The molecular formula is C39H46O2S2. The van der Waals surface area contributed by atoms with Crippen LogP contribution in [0.15, 0.2) is 107 Å². The molecule has 0 aliphatic heterocycles. The fourth-order valence-electron chi connectivity index (χ4n) is 4.96. The Morgan fingerprint density at radius 1 is 0.488 bits per heavy atom. The summed E-state index contributed by atoms with van der Waals surface area (Å²) < 4.78 is 5.67. The summed E-state index contributed by atoms with van der Waals surface area (Å²) >= 11 is 3.86. The number of hydrogen-bond donors (Lipinski definition) is 0. The topological polar surface area (TPSA) is 26.3 Å². The summed E-state index contributed by atoms with van der Waals surface area (Å²) in [6.45, 7) is 4.50. The fourth-order valence-corrected chi connectivity index (χ4v) is 6.78. The van der Waals surface area contributed by atoms with Gasteiger partial charge in [0, 0.05) is 9.79 Å². The van der Waals surface area contributed by atoms with Crippen molar-refractivity contribution in [1.29, 1.82) is 0 Å². The smallest absolute Gasteiger partial charge is 0.343 e. The molecule has 0 unspecified atom stereocenters. The zero-order valence-corrected chi connectivity index (χ0v) is 27.5. The molecule has 0 heterocycles. The van der Waals surface area contributed by atoms with Gasteiger partial charge in [0.1, 0.15) is 5.75 Å². The van der Waals surface area contributed by atoms with Gasteiger partial charge < -0.3 is 4.74 Å². The SMILES string of the molecule is CCCCCCCCCSc1ccc(-c2ccc(OC(=O)c3ccc(-c4ccc(SCCCCC)cc4)cc3)cc2)cc1. The molecule has 0 bridgehead atoms. The second kappa shape index (κ2) is 18.7. The summed E-state index contributed by atoms with van der Waals surface area (Å²) in [6.07, 6.45) is 13.2. The van der Waals surface area contributed by atoms with Crippen molar-refractivity contribution in [2.24, 2.45) is 0 Å². The van der Waals surface area contributed by atoms with Crippen molar-refractivity contribution >= 4 is 29.5 Å². The van der Waals surface area contributed by atoms with E-state index in [0.717, 1.165) is 22.3 Å². The van der Waals surface area contributed by atoms with Gasteiger partial charge >= 0.3 is 5.97 Å². The molecule has 2 nitrogen and oxygen atoms in total. The van der Waals surface area contributed by atoms with E-state index in [-0.39, 0.29) is 5.97 Å². The van der Waals surface area contributed by atoms with Crippen molar-refractivity contribution in [2.45, 2.75) is 87.8 Å². The van der Waals surface area contributed by atoms with Crippen molar-refractivity contribution in [3.63, 3.8) is 0 Å². The van der Waals surface area contributed by atoms with Gasteiger partial charge in [-0.05, 0) is 95.1 Å². The van der Waals surface area contributed by atoms with E-state index >= 15 is 0 Å². The zero-order valence-electron chi connectivity index (χ0n) is 25.9. The number of hydrogen-bond acceptors (Lipinski definition) is 4. The third-order valence-electron chi connectivity index (χ3n) is 7.59. The highest BCUT2D eigenvalue weighted by Crippen LogP contribution is 2.28. The van der Waals surface area contributed by atoms with E-state index in [0.29, 0.717) is 11.3 Å². The van der Waals surface area contributed by atoms with Gasteiger partial charge in [-0.3, -0.25) is 0 Å². The first-order chi connectivity index (χ1) is 21.2. The Bertz CT molecular complexity index is 1340. The van der Waals surface area contributed by atoms with E-state index in [1.54, 1.807) is 0 Å². The normalized spacial score (nSPS) is 11.0. The second-order valence-corrected chi connectivity index (χ2v) is 13.4. The molecule has 4 aromatic rings. The largest absolute Gasteiger partial charge is 0.423 e. The monoisotopic (exact) mass is 610 g/mol. The van der Waals surface area contributed by atoms with E-state index in [1.807, 2.05) is 72.1 Å². The van der Waals surface area contributed by atoms with Crippen LogP contribution in [0.5, 0.6) is 5.75 Å². The Morgan fingerprint density at radius 2 is 0.860 bits per heavy atom. The molecule has 43 heavy (non-hydrogen) atoms. The Kier molecular flexibility index (Phi) is 14.3. The number of carbonyl (C=O) groups excluding carboxylic acids is 1. The van der Waals surface area contributed by atoms with Gasteiger partial charge in [-0.1, -0.05) is 114 Å². The number of ether oxygens (including phenoxy) is 1. The number of carbonyl (C=O) groups is 1. The summed E-state index contributed by atoms with van der Waals surface area (Å²) in [4.78, 5) is 15.4. The van der Waals surface area contributed by atoms with Crippen LogP contribution >= 0.6 is 23.5 Å². The number of esters is 1. The van der Waals surface area contributed by atoms with Crippen molar-refractivity contribution < 1.29 is 9.53 Å². The van der Waals surface area contributed by atoms with E-state index < -0.39 is 0 Å². The highest BCUT2D eigenvalue weighted by Gasteiger charge is 2.10. The van der Waals surface area contributed by atoms with Gasteiger partial charge in [0.25, 0.3) is 0 Å². The van der Waals surface area contributed by atoms with Gasteiger partial charge in [-0.2, -0.15) is 0 Å². The Hall–Kier alpha value is -2.95. The molecule has 4 rings (SSSR count). The predicted octanol–water partition coefficient (Wildman–Crippen LogP) is 12.4. The van der Waals surface area contributed by atoms with Gasteiger partial charge in [0.05, 0.1) is 5.56 Å². The maximum absolute atomic E-state index is 12.8. The third-order valence-corrected chi connectivity index (χ3v) is 9.79. The lowest BCUT2D eigenvalue weighted by molar-refractivity contribution is 0.0735. The van der Waals surface area contributed by atoms with Crippen LogP contribution in [0.3, 0.4) is 0 Å². The maximum atomic E-state index is 12.8. The lowest BCUT2D eigenvalue weighted by Gasteiger charge is -2.08. The van der Waals surface area contributed by atoms with Crippen LogP contribution in [0.1, 0.15) is 88.4 Å². The van der Waals surface area contributed by atoms with E-state index in [4.69, 9.17) is 4.74 Å². The molecule has 226 valence electrons. The number of unbranched alkanes of at least 4 members (excludes halogenated alkanes) is 8. The molecule has 0 saturated carbocycles. The van der Waals surface area contributed by atoms with Crippen LogP contribution in [-0.2, 0) is 0 Å². The maximum Gasteiger partial charge on any atom is 0.343 e. The summed E-state index contributed by atoms with van der Waals surface area (Å²) in [5.41, 5.74) is 5.05. The minimum atomic E-state index is -0.347. The van der Waals surface area contributed by atoms with Crippen LogP contribution in [-0.4, -0.2) is 17.5 Å². The molecule has 0 aliphatic carbocycles. The van der Waals surface area contributed by atoms with Crippen molar-refractivity contribution in [3.05, 3.63) is 103 Å². The standard InChI is InChI=1S/C39H46O2S2/c1-3-5-7-8-9-10-12-30-43-38-27-21-34(22-28-38)32-17-23-36(24-18-32)41-39(40)35-15-13-31(14-16-35)33-19-25-37(26-20-33)42-29-11-6-4-2/h13-28H,3-12,29-30H2,1-2H3. The van der Waals surface area contributed by atoms with E-state index in [1.165, 1.54) is 85.5 Å². The average Bonchev–Trinajstić information content (AvgIpc) is 3.05. The number of benzene rings is 4. The molecule has 4 heteroatoms.